The van der Waals surface area contributed by atoms with Crippen molar-refractivity contribution in [2.45, 2.75) is 24.7 Å². The fourth-order valence-electron chi connectivity index (χ4n) is 2.64. The number of nitrogens with zero attached hydrogens (tertiary/aromatic N) is 4. The minimum atomic E-state index is -3.37. The first-order valence-electron chi connectivity index (χ1n) is 7.22. The average Bonchev–Trinajstić information content (AvgIpc) is 2.54. The van der Waals surface area contributed by atoms with Gasteiger partial charge >= 0.3 is 0 Å². The van der Waals surface area contributed by atoms with Crippen molar-refractivity contribution in [3.63, 3.8) is 0 Å². The van der Waals surface area contributed by atoms with Gasteiger partial charge in [0.1, 0.15) is 0 Å². The summed E-state index contributed by atoms with van der Waals surface area (Å²) in [6.45, 7) is 2.19. The molecule has 0 aliphatic carbocycles. The Hall–Kier alpha value is -2.06. The lowest BCUT2D eigenvalue weighted by Crippen LogP contribution is -2.31. The monoisotopic (exact) mass is 334 g/mol. The molecule has 2 aromatic heterocycles. The molecule has 0 unspecified atom stereocenters. The third-order valence-electron chi connectivity index (χ3n) is 3.76. The van der Waals surface area contributed by atoms with Crippen molar-refractivity contribution >= 4 is 9.84 Å². The van der Waals surface area contributed by atoms with Crippen LogP contribution >= 0.6 is 0 Å². The lowest BCUT2D eigenvalue weighted by molar-refractivity contribution is 0.237. The van der Waals surface area contributed by atoms with Crippen molar-refractivity contribution in [1.29, 1.82) is 0 Å². The van der Waals surface area contributed by atoms with Crippen molar-refractivity contribution in [3.05, 3.63) is 41.3 Å². The number of hydrogen-bond acceptors (Lipinski definition) is 7. The summed E-state index contributed by atoms with van der Waals surface area (Å²) in [4.78, 5) is 14.6. The van der Waals surface area contributed by atoms with Crippen LogP contribution in [0.2, 0.25) is 0 Å². The average molecular weight is 334 g/mol. The summed E-state index contributed by atoms with van der Waals surface area (Å²) in [6, 6.07) is 3.88. The van der Waals surface area contributed by atoms with Crippen molar-refractivity contribution in [2.24, 2.45) is 0 Å². The zero-order valence-electron chi connectivity index (χ0n) is 13.1. The Labute approximate surface area is 135 Å². The molecule has 1 aliphatic heterocycles. The molecule has 0 radical (unpaired) electrons. The van der Waals surface area contributed by atoms with E-state index in [9.17, 15) is 8.42 Å². The molecule has 7 nitrogen and oxygen atoms in total. The third kappa shape index (κ3) is 3.48. The van der Waals surface area contributed by atoms with Crippen LogP contribution in [0, 0.1) is 0 Å². The number of fused-ring (bicyclic) bond motifs is 1. The quantitative estimate of drug-likeness (QED) is 0.766. The molecule has 0 bridgehead atoms. The highest BCUT2D eigenvalue weighted by Gasteiger charge is 2.21. The molecule has 0 spiro atoms. The number of methoxy groups -OCH3 is 1. The van der Waals surface area contributed by atoms with Gasteiger partial charge in [-0.15, -0.1) is 0 Å². The molecule has 0 atom stereocenters. The van der Waals surface area contributed by atoms with Crippen LogP contribution in [0.1, 0.15) is 16.8 Å². The molecule has 0 saturated heterocycles. The minimum absolute atomic E-state index is 0.0985. The molecule has 23 heavy (non-hydrogen) atoms. The maximum atomic E-state index is 11.5. The van der Waals surface area contributed by atoms with Gasteiger partial charge < -0.3 is 4.74 Å². The highest BCUT2D eigenvalue weighted by molar-refractivity contribution is 7.90. The van der Waals surface area contributed by atoms with Gasteiger partial charge in [-0.3, -0.25) is 4.90 Å². The number of rotatable bonds is 4. The van der Waals surface area contributed by atoms with Gasteiger partial charge in [-0.25, -0.2) is 23.4 Å². The van der Waals surface area contributed by atoms with Gasteiger partial charge in [-0.1, -0.05) is 6.07 Å². The maximum absolute atomic E-state index is 11.5. The van der Waals surface area contributed by atoms with E-state index in [2.05, 4.69) is 19.9 Å². The van der Waals surface area contributed by atoms with E-state index in [-0.39, 0.29) is 5.16 Å². The van der Waals surface area contributed by atoms with Crippen LogP contribution in [-0.4, -0.2) is 48.2 Å². The third-order valence-corrected chi connectivity index (χ3v) is 4.62. The van der Waals surface area contributed by atoms with Crippen LogP contribution in [0.25, 0.3) is 0 Å². The van der Waals surface area contributed by atoms with Gasteiger partial charge in [0.15, 0.2) is 0 Å². The topological polar surface area (TPSA) is 85.3 Å². The molecule has 0 N–H and O–H groups in total. The number of pyridine rings is 1. The Bertz CT molecular complexity index is 823. The van der Waals surface area contributed by atoms with Crippen molar-refractivity contribution in [3.8, 4) is 5.88 Å². The maximum Gasteiger partial charge on any atom is 0.246 e. The van der Waals surface area contributed by atoms with E-state index in [1.165, 1.54) is 0 Å². The number of sulfone groups is 1. The zero-order valence-corrected chi connectivity index (χ0v) is 13.9. The highest BCUT2D eigenvalue weighted by Crippen LogP contribution is 2.22. The summed E-state index contributed by atoms with van der Waals surface area (Å²) in [7, 11) is -1.76. The molecule has 1 aliphatic rings. The van der Waals surface area contributed by atoms with E-state index >= 15 is 0 Å². The Kier molecular flexibility index (Phi) is 4.27. The smallest absolute Gasteiger partial charge is 0.246 e. The standard InChI is InChI=1S/C15H18N4O3S/c1-22-14-11(4-3-6-16-14)9-19-7-5-13-12(10-19)8-17-15(18-13)23(2,20)21/h3-4,6,8H,5,7,9-10H2,1-2H3. The Morgan fingerprint density at radius 1 is 1.35 bits per heavy atom. The lowest BCUT2D eigenvalue weighted by atomic mass is 10.1. The summed E-state index contributed by atoms with van der Waals surface area (Å²) < 4.78 is 28.4. The molecule has 0 amide bonds. The normalized spacial score (nSPS) is 15.2. The number of hydrogen-bond donors (Lipinski definition) is 0. The highest BCUT2D eigenvalue weighted by atomic mass is 32.2. The SMILES string of the molecule is COc1ncccc1CN1CCc2nc(S(C)(=O)=O)ncc2C1. The predicted octanol–water partition coefficient (Wildman–Crippen LogP) is 0.842. The fraction of sp³-hybridized carbons (Fsp3) is 0.400. The van der Waals surface area contributed by atoms with Gasteiger partial charge in [0, 0.05) is 55.8 Å². The van der Waals surface area contributed by atoms with Gasteiger partial charge in [-0.05, 0) is 6.07 Å². The molecule has 0 aromatic carbocycles. The molecule has 0 fully saturated rings. The van der Waals surface area contributed by atoms with Crippen molar-refractivity contribution < 1.29 is 13.2 Å². The van der Waals surface area contributed by atoms with Crippen LogP contribution in [-0.2, 0) is 29.3 Å². The summed E-state index contributed by atoms with van der Waals surface area (Å²) in [5.74, 6) is 0.627. The van der Waals surface area contributed by atoms with Gasteiger partial charge in [0.05, 0.1) is 12.8 Å². The molecule has 0 saturated carbocycles. The summed E-state index contributed by atoms with van der Waals surface area (Å²) >= 11 is 0. The van der Waals surface area contributed by atoms with Crippen LogP contribution in [0.3, 0.4) is 0 Å². The molecule has 3 heterocycles. The van der Waals surface area contributed by atoms with E-state index in [1.807, 2.05) is 12.1 Å². The van der Waals surface area contributed by atoms with Gasteiger partial charge in [-0.2, -0.15) is 0 Å². The summed E-state index contributed by atoms with van der Waals surface area (Å²) in [5, 5.41) is -0.0985. The van der Waals surface area contributed by atoms with Crippen LogP contribution < -0.4 is 4.74 Å². The van der Waals surface area contributed by atoms with Crippen LogP contribution in [0.4, 0.5) is 0 Å². The molecule has 3 rings (SSSR count). The van der Waals surface area contributed by atoms with Gasteiger partial charge in [0.2, 0.25) is 20.9 Å². The summed E-state index contributed by atoms with van der Waals surface area (Å²) in [6.07, 6.45) is 5.14. The predicted molar refractivity (Wildman–Crippen MR) is 83.7 cm³/mol. The molecule has 122 valence electrons. The summed E-state index contributed by atoms with van der Waals surface area (Å²) in [5.41, 5.74) is 2.80. The Morgan fingerprint density at radius 2 is 2.17 bits per heavy atom. The van der Waals surface area contributed by atoms with Crippen LogP contribution in [0.5, 0.6) is 5.88 Å². The van der Waals surface area contributed by atoms with E-state index in [4.69, 9.17) is 4.74 Å². The molecule has 2 aromatic rings. The van der Waals surface area contributed by atoms with Gasteiger partial charge in [0.25, 0.3) is 0 Å². The zero-order chi connectivity index (χ0) is 16.4. The Balaban J connectivity index is 1.78. The number of aromatic nitrogens is 3. The minimum Gasteiger partial charge on any atom is -0.481 e. The fourth-order valence-corrected chi connectivity index (χ4v) is 3.16. The van der Waals surface area contributed by atoms with Crippen molar-refractivity contribution in [2.75, 3.05) is 19.9 Å². The molecular weight excluding hydrogens is 316 g/mol. The van der Waals surface area contributed by atoms with E-state index in [1.54, 1.807) is 19.5 Å². The van der Waals surface area contributed by atoms with E-state index < -0.39 is 9.84 Å². The first-order chi connectivity index (χ1) is 11.0. The first-order valence-corrected chi connectivity index (χ1v) is 9.11. The van der Waals surface area contributed by atoms with E-state index in [0.717, 1.165) is 29.6 Å². The van der Waals surface area contributed by atoms with E-state index in [0.29, 0.717) is 25.4 Å². The second-order valence-corrected chi connectivity index (χ2v) is 7.44. The Morgan fingerprint density at radius 3 is 2.91 bits per heavy atom. The largest absolute Gasteiger partial charge is 0.481 e. The van der Waals surface area contributed by atoms with Crippen LogP contribution in [0.15, 0.2) is 29.7 Å². The number of ether oxygens (including phenoxy) is 1. The first kappa shape index (κ1) is 15.8. The second kappa shape index (κ2) is 6.21. The molecular formula is C15H18N4O3S. The lowest BCUT2D eigenvalue weighted by Gasteiger charge is -2.28. The molecule has 8 heteroatoms. The second-order valence-electron chi connectivity index (χ2n) is 5.53. The van der Waals surface area contributed by atoms with Crippen molar-refractivity contribution in [1.82, 2.24) is 19.9 Å².